The zero-order valence-corrected chi connectivity index (χ0v) is 8.10. The maximum atomic E-state index is 5.31. The van der Waals surface area contributed by atoms with Crippen LogP contribution in [0, 0.1) is 17.3 Å². The van der Waals surface area contributed by atoms with E-state index in [-0.39, 0.29) is 0 Å². The number of nitrogens with one attached hydrogen (secondary N) is 1. The Hall–Kier alpha value is -0.0800. The molecular weight excluding hydrogens is 150 g/mol. The van der Waals surface area contributed by atoms with Gasteiger partial charge in [0.15, 0.2) is 0 Å². The zero-order valence-electron chi connectivity index (χ0n) is 8.10. The summed E-state index contributed by atoms with van der Waals surface area (Å²) >= 11 is 0. The van der Waals surface area contributed by atoms with Crippen LogP contribution in [0.5, 0.6) is 0 Å². The summed E-state index contributed by atoms with van der Waals surface area (Å²) in [5.74, 6) is 2.10. The fourth-order valence-corrected chi connectivity index (χ4v) is 3.00. The first-order valence-corrected chi connectivity index (χ1v) is 4.93. The van der Waals surface area contributed by atoms with Gasteiger partial charge in [-0.1, -0.05) is 0 Å². The van der Waals surface area contributed by atoms with Gasteiger partial charge >= 0.3 is 0 Å². The molecule has 2 fully saturated rings. The van der Waals surface area contributed by atoms with E-state index < -0.39 is 0 Å². The highest BCUT2D eigenvalue weighted by atomic mass is 16.5. The van der Waals surface area contributed by atoms with E-state index in [1.807, 2.05) is 14.2 Å². The van der Waals surface area contributed by atoms with Crippen LogP contribution in [0.25, 0.3) is 0 Å². The summed E-state index contributed by atoms with van der Waals surface area (Å²) in [5.41, 5.74) is 0.483. The fourth-order valence-electron chi connectivity index (χ4n) is 3.00. The van der Waals surface area contributed by atoms with E-state index in [2.05, 4.69) is 5.32 Å². The van der Waals surface area contributed by atoms with Crippen LogP contribution in [0.4, 0.5) is 0 Å². The van der Waals surface area contributed by atoms with Gasteiger partial charge in [-0.3, -0.25) is 0 Å². The largest absolute Gasteiger partial charge is 0.384 e. The van der Waals surface area contributed by atoms with Crippen molar-refractivity contribution in [3.05, 3.63) is 0 Å². The molecule has 2 heteroatoms. The molecule has 0 aromatic heterocycles. The Morgan fingerprint density at radius 3 is 2.58 bits per heavy atom. The molecule has 0 radical (unpaired) electrons. The number of hydrogen-bond donors (Lipinski definition) is 1. The zero-order chi connectivity index (χ0) is 8.60. The van der Waals surface area contributed by atoms with Crippen molar-refractivity contribution in [2.45, 2.75) is 19.3 Å². The molecule has 2 rings (SSSR count). The van der Waals surface area contributed by atoms with Crippen molar-refractivity contribution < 1.29 is 4.74 Å². The van der Waals surface area contributed by atoms with Crippen molar-refractivity contribution >= 4 is 0 Å². The van der Waals surface area contributed by atoms with E-state index in [0.29, 0.717) is 5.41 Å². The SMILES string of the molecule is CNCC1(COC)CC2CC2C1. The van der Waals surface area contributed by atoms with E-state index in [1.54, 1.807) is 0 Å². The van der Waals surface area contributed by atoms with Crippen molar-refractivity contribution in [3.63, 3.8) is 0 Å². The Balaban J connectivity index is 1.93. The first kappa shape index (κ1) is 8.52. The fraction of sp³-hybridized carbons (Fsp3) is 1.00. The van der Waals surface area contributed by atoms with Gasteiger partial charge in [-0.25, -0.2) is 0 Å². The van der Waals surface area contributed by atoms with Crippen LogP contribution in [0.1, 0.15) is 19.3 Å². The molecule has 0 aromatic carbocycles. The third-order valence-electron chi connectivity index (χ3n) is 3.46. The van der Waals surface area contributed by atoms with Gasteiger partial charge in [-0.2, -0.15) is 0 Å². The van der Waals surface area contributed by atoms with Gasteiger partial charge in [0.05, 0.1) is 6.61 Å². The Morgan fingerprint density at radius 2 is 2.08 bits per heavy atom. The second-order valence-electron chi connectivity index (χ2n) is 4.63. The van der Waals surface area contributed by atoms with E-state index in [0.717, 1.165) is 25.0 Å². The molecule has 1 N–H and O–H groups in total. The molecule has 0 heterocycles. The number of fused-ring (bicyclic) bond motifs is 1. The molecule has 2 saturated carbocycles. The first-order valence-electron chi connectivity index (χ1n) is 4.93. The topological polar surface area (TPSA) is 21.3 Å². The number of hydrogen-bond acceptors (Lipinski definition) is 2. The van der Waals surface area contributed by atoms with Gasteiger partial charge < -0.3 is 10.1 Å². The molecule has 12 heavy (non-hydrogen) atoms. The summed E-state index contributed by atoms with van der Waals surface area (Å²) in [6.07, 6.45) is 4.29. The van der Waals surface area contributed by atoms with Gasteiger partial charge in [0.25, 0.3) is 0 Å². The molecule has 0 aromatic rings. The Bertz CT molecular complexity index is 151. The predicted molar refractivity (Wildman–Crippen MR) is 49.1 cm³/mol. The predicted octanol–water partition coefficient (Wildman–Crippen LogP) is 1.27. The molecule has 0 amide bonds. The molecule has 0 spiro atoms. The van der Waals surface area contributed by atoms with Crippen LogP contribution in [0.2, 0.25) is 0 Å². The highest BCUT2D eigenvalue weighted by Crippen LogP contribution is 2.59. The van der Waals surface area contributed by atoms with Gasteiger partial charge in [0.2, 0.25) is 0 Å². The first-order chi connectivity index (χ1) is 5.79. The third kappa shape index (κ3) is 1.38. The van der Waals surface area contributed by atoms with Crippen molar-refractivity contribution in [1.29, 1.82) is 0 Å². The Morgan fingerprint density at radius 1 is 1.42 bits per heavy atom. The summed E-state index contributed by atoms with van der Waals surface area (Å²) in [6.45, 7) is 2.08. The lowest BCUT2D eigenvalue weighted by molar-refractivity contribution is 0.0748. The van der Waals surface area contributed by atoms with Gasteiger partial charge in [-0.15, -0.1) is 0 Å². The second kappa shape index (κ2) is 3.00. The molecular formula is C10H19NO. The molecule has 0 saturated heterocycles. The van der Waals surface area contributed by atoms with Crippen LogP contribution in [-0.2, 0) is 4.74 Å². The number of methoxy groups -OCH3 is 1. The monoisotopic (exact) mass is 169 g/mol. The molecule has 2 nitrogen and oxygen atoms in total. The summed E-state index contributed by atoms with van der Waals surface area (Å²) in [4.78, 5) is 0. The maximum Gasteiger partial charge on any atom is 0.0531 e. The van der Waals surface area contributed by atoms with Crippen molar-refractivity contribution in [3.8, 4) is 0 Å². The molecule has 0 aliphatic heterocycles. The Kier molecular flexibility index (Phi) is 2.13. The van der Waals surface area contributed by atoms with Gasteiger partial charge in [0.1, 0.15) is 0 Å². The van der Waals surface area contributed by atoms with E-state index in [1.165, 1.54) is 19.3 Å². The minimum Gasteiger partial charge on any atom is -0.384 e. The lowest BCUT2D eigenvalue weighted by Crippen LogP contribution is -2.35. The van der Waals surface area contributed by atoms with Crippen molar-refractivity contribution in [2.75, 3.05) is 27.3 Å². The van der Waals surface area contributed by atoms with Gasteiger partial charge in [0, 0.05) is 19.1 Å². The second-order valence-corrected chi connectivity index (χ2v) is 4.63. The minimum absolute atomic E-state index is 0.483. The van der Waals surface area contributed by atoms with Crippen LogP contribution in [0.15, 0.2) is 0 Å². The average Bonchev–Trinajstić information content (AvgIpc) is 2.61. The molecule has 2 atom stereocenters. The maximum absolute atomic E-state index is 5.31. The summed E-state index contributed by atoms with van der Waals surface area (Å²) in [6, 6.07) is 0. The van der Waals surface area contributed by atoms with Crippen LogP contribution in [-0.4, -0.2) is 27.3 Å². The molecule has 2 aliphatic rings. The standard InChI is InChI=1S/C10H19NO/c1-11-6-10(7-12-2)4-8-3-9(8)5-10/h8-9,11H,3-7H2,1-2H3. The normalized spacial score (nSPS) is 44.5. The highest BCUT2D eigenvalue weighted by Gasteiger charge is 2.53. The Labute approximate surface area is 74.7 Å². The summed E-state index contributed by atoms with van der Waals surface area (Å²) in [5, 5.41) is 3.30. The van der Waals surface area contributed by atoms with Crippen molar-refractivity contribution in [2.24, 2.45) is 17.3 Å². The summed E-state index contributed by atoms with van der Waals surface area (Å²) in [7, 11) is 3.86. The minimum atomic E-state index is 0.483. The molecule has 2 aliphatic carbocycles. The third-order valence-corrected chi connectivity index (χ3v) is 3.46. The van der Waals surface area contributed by atoms with Crippen molar-refractivity contribution in [1.82, 2.24) is 5.32 Å². The van der Waals surface area contributed by atoms with Crippen LogP contribution < -0.4 is 5.32 Å². The molecule has 2 unspecified atom stereocenters. The number of ether oxygens (including phenoxy) is 1. The smallest absolute Gasteiger partial charge is 0.0531 e. The average molecular weight is 169 g/mol. The molecule has 0 bridgehead atoms. The van der Waals surface area contributed by atoms with Crippen LogP contribution >= 0.6 is 0 Å². The van der Waals surface area contributed by atoms with E-state index in [4.69, 9.17) is 4.74 Å². The highest BCUT2D eigenvalue weighted by molar-refractivity contribution is 5.03. The lowest BCUT2D eigenvalue weighted by Gasteiger charge is -2.29. The van der Waals surface area contributed by atoms with E-state index in [9.17, 15) is 0 Å². The number of rotatable bonds is 4. The quantitative estimate of drug-likeness (QED) is 0.684. The van der Waals surface area contributed by atoms with E-state index >= 15 is 0 Å². The summed E-state index contributed by atoms with van der Waals surface area (Å²) < 4.78 is 5.31. The van der Waals surface area contributed by atoms with Gasteiger partial charge in [-0.05, 0) is 38.1 Å². The lowest BCUT2D eigenvalue weighted by atomic mass is 9.84. The molecule has 70 valence electrons. The van der Waals surface area contributed by atoms with Crippen LogP contribution in [0.3, 0.4) is 0 Å².